The Morgan fingerprint density at radius 1 is 1.23 bits per heavy atom. The number of rotatable bonds is 4. The Kier molecular flexibility index (Phi) is 4.63. The van der Waals surface area contributed by atoms with Crippen LogP contribution in [0.1, 0.15) is 11.1 Å². The summed E-state index contributed by atoms with van der Waals surface area (Å²) in [5, 5.41) is 0.195. The third-order valence-electron chi connectivity index (χ3n) is 3.24. The first-order chi connectivity index (χ1) is 10.3. The van der Waals surface area contributed by atoms with Crippen LogP contribution in [-0.4, -0.2) is 15.5 Å². The predicted molar refractivity (Wildman–Crippen MR) is 84.7 cm³/mol. The Morgan fingerprint density at radius 2 is 1.91 bits per heavy atom. The van der Waals surface area contributed by atoms with Gasteiger partial charge in [-0.25, -0.2) is 12.8 Å². The molecule has 0 aliphatic carbocycles. The van der Waals surface area contributed by atoms with Crippen molar-refractivity contribution in [2.45, 2.75) is 18.7 Å². The zero-order valence-corrected chi connectivity index (χ0v) is 13.8. The van der Waals surface area contributed by atoms with Crippen LogP contribution in [0, 0.1) is 19.7 Å². The number of hydrogen-bond donors (Lipinski definition) is 1. The van der Waals surface area contributed by atoms with Crippen LogP contribution in [0.3, 0.4) is 0 Å². The average molecular weight is 344 g/mol. The first kappa shape index (κ1) is 16.6. The maximum Gasteiger partial charge on any atom is 0.262 e. The molecule has 2 aromatic rings. The molecule has 0 aliphatic heterocycles. The van der Waals surface area contributed by atoms with Crippen molar-refractivity contribution in [1.82, 2.24) is 0 Å². The van der Waals surface area contributed by atoms with Gasteiger partial charge in [0, 0.05) is 11.6 Å². The molecule has 0 aromatic heterocycles. The molecule has 0 saturated heterocycles. The molecule has 1 N–H and O–H groups in total. The van der Waals surface area contributed by atoms with Crippen LogP contribution in [-0.2, 0) is 10.0 Å². The first-order valence-electron chi connectivity index (χ1n) is 6.38. The number of nitrogens with one attached hydrogen (secondary N) is 1. The topological polar surface area (TPSA) is 55.4 Å². The highest BCUT2D eigenvalue weighted by Crippen LogP contribution is 2.32. The van der Waals surface area contributed by atoms with E-state index in [1.165, 1.54) is 38.3 Å². The van der Waals surface area contributed by atoms with Crippen LogP contribution in [0.15, 0.2) is 35.2 Å². The Labute approximate surface area is 133 Å². The van der Waals surface area contributed by atoms with E-state index in [0.29, 0.717) is 5.75 Å². The number of aryl methyl sites for hydroxylation is 1. The van der Waals surface area contributed by atoms with Gasteiger partial charge in [0.25, 0.3) is 10.0 Å². The normalized spacial score (nSPS) is 11.3. The summed E-state index contributed by atoms with van der Waals surface area (Å²) in [5.74, 6) is -0.0326. The van der Waals surface area contributed by atoms with E-state index in [2.05, 4.69) is 4.72 Å². The Bertz CT molecular complexity index is 822. The van der Waals surface area contributed by atoms with Crippen molar-refractivity contribution in [2.75, 3.05) is 11.8 Å². The highest BCUT2D eigenvalue weighted by molar-refractivity contribution is 7.92. The average Bonchev–Trinajstić information content (AvgIpc) is 2.45. The van der Waals surface area contributed by atoms with Crippen molar-refractivity contribution >= 4 is 27.3 Å². The van der Waals surface area contributed by atoms with Crippen LogP contribution >= 0.6 is 11.6 Å². The van der Waals surface area contributed by atoms with Gasteiger partial charge in [-0.1, -0.05) is 17.7 Å². The number of methoxy groups -OCH3 is 1. The molecule has 4 nitrogen and oxygen atoms in total. The van der Waals surface area contributed by atoms with E-state index in [0.717, 1.165) is 5.56 Å². The van der Waals surface area contributed by atoms with Crippen molar-refractivity contribution in [3.05, 3.63) is 52.3 Å². The number of benzene rings is 2. The number of anilines is 1. The number of sulfonamides is 1. The van der Waals surface area contributed by atoms with Crippen molar-refractivity contribution in [3.63, 3.8) is 0 Å². The summed E-state index contributed by atoms with van der Waals surface area (Å²) in [5.41, 5.74) is 0.987. The monoisotopic (exact) mass is 343 g/mol. The lowest BCUT2D eigenvalue weighted by atomic mass is 10.2. The van der Waals surface area contributed by atoms with Gasteiger partial charge in [0.05, 0.1) is 22.7 Å². The van der Waals surface area contributed by atoms with Gasteiger partial charge < -0.3 is 4.74 Å². The molecule has 0 bridgehead atoms. The summed E-state index contributed by atoms with van der Waals surface area (Å²) in [4.78, 5) is -0.128. The molecular formula is C15H15ClFNO3S. The fourth-order valence-corrected chi connectivity index (χ4v) is 3.62. The first-order valence-corrected chi connectivity index (χ1v) is 8.24. The number of halogens is 2. The molecule has 0 heterocycles. The minimum absolute atomic E-state index is 0.0522. The van der Waals surface area contributed by atoms with E-state index >= 15 is 0 Å². The van der Waals surface area contributed by atoms with Crippen molar-refractivity contribution < 1.29 is 17.5 Å². The van der Waals surface area contributed by atoms with Gasteiger partial charge in [0.2, 0.25) is 0 Å². The quantitative estimate of drug-likeness (QED) is 0.915. The molecule has 22 heavy (non-hydrogen) atoms. The molecule has 0 amide bonds. The van der Waals surface area contributed by atoms with Crippen LogP contribution in [0.2, 0.25) is 5.02 Å². The van der Waals surface area contributed by atoms with Gasteiger partial charge in [-0.15, -0.1) is 0 Å². The second-order valence-corrected chi connectivity index (χ2v) is 6.83. The molecule has 0 radical (unpaired) electrons. The summed E-state index contributed by atoms with van der Waals surface area (Å²) in [6.07, 6.45) is 0. The zero-order chi connectivity index (χ0) is 16.5. The van der Waals surface area contributed by atoms with Gasteiger partial charge in [-0.2, -0.15) is 0 Å². The Hall–Kier alpha value is -1.79. The third kappa shape index (κ3) is 3.18. The van der Waals surface area contributed by atoms with Gasteiger partial charge in [0.1, 0.15) is 11.6 Å². The summed E-state index contributed by atoms with van der Waals surface area (Å²) in [6.45, 7) is 3.17. The lowest BCUT2D eigenvalue weighted by molar-refractivity contribution is 0.412. The highest BCUT2D eigenvalue weighted by Gasteiger charge is 2.20. The summed E-state index contributed by atoms with van der Waals surface area (Å²) >= 11 is 6.06. The van der Waals surface area contributed by atoms with Gasteiger partial charge >= 0.3 is 0 Å². The Morgan fingerprint density at radius 3 is 2.55 bits per heavy atom. The van der Waals surface area contributed by atoms with Crippen LogP contribution in [0.4, 0.5) is 10.1 Å². The highest BCUT2D eigenvalue weighted by atomic mass is 35.5. The predicted octanol–water partition coefficient (Wildman–Crippen LogP) is 3.91. The molecular weight excluding hydrogens is 329 g/mol. The van der Waals surface area contributed by atoms with Crippen LogP contribution < -0.4 is 9.46 Å². The number of hydrogen-bond acceptors (Lipinski definition) is 3. The van der Waals surface area contributed by atoms with E-state index in [1.54, 1.807) is 13.0 Å². The van der Waals surface area contributed by atoms with E-state index < -0.39 is 15.8 Å². The van der Waals surface area contributed by atoms with Crippen molar-refractivity contribution in [1.29, 1.82) is 0 Å². The lowest BCUT2D eigenvalue weighted by Gasteiger charge is -2.14. The van der Waals surface area contributed by atoms with Gasteiger partial charge in [-0.05, 0) is 37.6 Å². The lowest BCUT2D eigenvalue weighted by Crippen LogP contribution is -2.15. The molecule has 0 atom stereocenters. The SMILES string of the molecule is COc1cc(Cl)c(NS(=O)(=O)c2cccc(F)c2C)cc1C. The molecule has 7 heteroatoms. The number of ether oxygens (including phenoxy) is 1. The fraction of sp³-hybridized carbons (Fsp3) is 0.200. The van der Waals surface area contributed by atoms with Crippen LogP contribution in [0.25, 0.3) is 0 Å². The maximum absolute atomic E-state index is 13.6. The largest absolute Gasteiger partial charge is 0.496 e. The fourth-order valence-electron chi connectivity index (χ4n) is 2.04. The second-order valence-electron chi connectivity index (χ2n) is 4.77. The summed E-state index contributed by atoms with van der Waals surface area (Å²) in [7, 11) is -2.44. The van der Waals surface area contributed by atoms with E-state index in [-0.39, 0.29) is 21.2 Å². The van der Waals surface area contributed by atoms with Crippen molar-refractivity contribution in [3.8, 4) is 5.75 Å². The standard InChI is InChI=1S/C15H15ClFNO3S/c1-9-7-13(11(16)8-14(9)21-3)18-22(19,20)15-6-4-5-12(17)10(15)2/h4-8,18H,1-3H3. The minimum atomic E-state index is -3.94. The third-order valence-corrected chi connectivity index (χ3v) is 5.06. The molecule has 0 fully saturated rings. The summed E-state index contributed by atoms with van der Waals surface area (Å²) < 4.78 is 45.9. The molecule has 0 spiro atoms. The molecule has 0 saturated carbocycles. The summed E-state index contributed by atoms with van der Waals surface area (Å²) in [6, 6.07) is 6.97. The van der Waals surface area contributed by atoms with Crippen LogP contribution in [0.5, 0.6) is 5.75 Å². The molecule has 0 aliphatic rings. The van der Waals surface area contributed by atoms with E-state index in [4.69, 9.17) is 16.3 Å². The second kappa shape index (κ2) is 6.14. The molecule has 2 aromatic carbocycles. The molecule has 2 rings (SSSR count). The Balaban J connectivity index is 2.46. The maximum atomic E-state index is 13.6. The van der Waals surface area contributed by atoms with E-state index in [9.17, 15) is 12.8 Å². The zero-order valence-electron chi connectivity index (χ0n) is 12.3. The smallest absolute Gasteiger partial charge is 0.262 e. The van der Waals surface area contributed by atoms with Crippen molar-refractivity contribution in [2.24, 2.45) is 0 Å². The van der Waals surface area contributed by atoms with Gasteiger partial charge in [0.15, 0.2) is 0 Å². The van der Waals surface area contributed by atoms with Gasteiger partial charge in [-0.3, -0.25) is 4.72 Å². The molecule has 118 valence electrons. The van der Waals surface area contributed by atoms with E-state index in [1.807, 2.05) is 0 Å². The minimum Gasteiger partial charge on any atom is -0.496 e. The molecule has 0 unspecified atom stereocenters.